The van der Waals surface area contributed by atoms with Crippen LogP contribution in [-0.2, 0) is 4.79 Å². The average molecular weight is 389 g/mol. The van der Waals surface area contributed by atoms with Crippen molar-refractivity contribution in [3.63, 3.8) is 0 Å². The van der Waals surface area contributed by atoms with Crippen molar-refractivity contribution in [2.24, 2.45) is 0 Å². The maximum Gasteiger partial charge on any atom is 0.273 e. The van der Waals surface area contributed by atoms with Crippen LogP contribution in [0.15, 0.2) is 48.5 Å². The van der Waals surface area contributed by atoms with Gasteiger partial charge in [-0.3, -0.25) is 9.59 Å². The first kappa shape index (κ1) is 18.9. The lowest BCUT2D eigenvalue weighted by Crippen LogP contribution is -2.52. The maximum atomic E-state index is 13.2. The molecule has 7 nitrogen and oxygen atoms in total. The van der Waals surface area contributed by atoms with Crippen LogP contribution in [0.2, 0.25) is 0 Å². The van der Waals surface area contributed by atoms with Crippen LogP contribution in [0.25, 0.3) is 5.69 Å². The normalized spacial score (nSPS) is 16.6. The molecule has 4 rings (SSSR count). The van der Waals surface area contributed by atoms with E-state index >= 15 is 0 Å². The van der Waals surface area contributed by atoms with E-state index in [4.69, 9.17) is 0 Å². The zero-order valence-electron chi connectivity index (χ0n) is 16.7. The van der Waals surface area contributed by atoms with Crippen molar-refractivity contribution in [2.45, 2.75) is 26.8 Å². The van der Waals surface area contributed by atoms with Gasteiger partial charge in [-0.1, -0.05) is 24.3 Å². The van der Waals surface area contributed by atoms with Gasteiger partial charge in [0.15, 0.2) is 0 Å². The van der Waals surface area contributed by atoms with Gasteiger partial charge in [0.1, 0.15) is 11.7 Å². The number of para-hydroxylation sites is 1. The van der Waals surface area contributed by atoms with Gasteiger partial charge in [-0.05, 0) is 45.0 Å². The number of nitrogens with zero attached hydrogens (tertiary/aromatic N) is 4. The van der Waals surface area contributed by atoms with Crippen LogP contribution < -0.4 is 5.32 Å². The molecule has 2 aromatic heterocycles. The van der Waals surface area contributed by atoms with Crippen molar-refractivity contribution in [1.29, 1.82) is 0 Å². The summed E-state index contributed by atoms with van der Waals surface area (Å²) >= 11 is 0. The largest absolute Gasteiger partial charge is 0.352 e. The topological polar surface area (TPSA) is 80.1 Å². The summed E-state index contributed by atoms with van der Waals surface area (Å²) in [5.41, 5.74) is 4.34. The minimum Gasteiger partial charge on any atom is -0.352 e. The average Bonchev–Trinajstić information content (AvgIpc) is 3.02. The summed E-state index contributed by atoms with van der Waals surface area (Å²) in [6, 6.07) is 14.3. The molecule has 3 aromatic rings. The van der Waals surface area contributed by atoms with Crippen molar-refractivity contribution < 1.29 is 9.59 Å². The van der Waals surface area contributed by atoms with E-state index in [1.54, 1.807) is 17.0 Å². The molecule has 148 valence electrons. The minimum absolute atomic E-state index is 0.198. The van der Waals surface area contributed by atoms with Gasteiger partial charge in [0.25, 0.3) is 5.91 Å². The van der Waals surface area contributed by atoms with Crippen LogP contribution in [0.5, 0.6) is 0 Å². The first-order chi connectivity index (χ1) is 14.0. The van der Waals surface area contributed by atoms with Crippen molar-refractivity contribution in [2.75, 3.05) is 13.1 Å². The van der Waals surface area contributed by atoms with Gasteiger partial charge >= 0.3 is 0 Å². The van der Waals surface area contributed by atoms with Gasteiger partial charge in [-0.25, -0.2) is 9.67 Å². The van der Waals surface area contributed by atoms with E-state index in [9.17, 15) is 9.59 Å². The molecule has 0 bridgehead atoms. The first-order valence-corrected chi connectivity index (χ1v) is 9.61. The fourth-order valence-corrected chi connectivity index (χ4v) is 3.85. The highest BCUT2D eigenvalue weighted by Crippen LogP contribution is 2.31. The van der Waals surface area contributed by atoms with Crippen LogP contribution >= 0.6 is 0 Å². The molecular formula is C22H23N5O2. The number of piperazine rings is 1. The van der Waals surface area contributed by atoms with Gasteiger partial charge in [0, 0.05) is 30.0 Å². The summed E-state index contributed by atoms with van der Waals surface area (Å²) in [6.07, 6.45) is 0. The van der Waals surface area contributed by atoms with Crippen LogP contribution in [0.4, 0.5) is 0 Å². The zero-order chi connectivity index (χ0) is 20.5. The van der Waals surface area contributed by atoms with Crippen molar-refractivity contribution in [1.82, 2.24) is 25.0 Å². The summed E-state index contributed by atoms with van der Waals surface area (Å²) in [4.78, 5) is 32.1. The number of aromatic nitrogens is 3. The maximum absolute atomic E-state index is 13.2. The van der Waals surface area contributed by atoms with E-state index < -0.39 is 6.04 Å². The molecular weight excluding hydrogens is 366 g/mol. The molecule has 1 atom stereocenters. The minimum atomic E-state index is -0.740. The predicted octanol–water partition coefficient (Wildman–Crippen LogP) is 2.51. The summed E-state index contributed by atoms with van der Waals surface area (Å²) in [7, 11) is 0. The van der Waals surface area contributed by atoms with Crippen molar-refractivity contribution >= 4 is 11.8 Å². The number of nitrogens with one attached hydrogen (secondary N) is 1. The van der Waals surface area contributed by atoms with E-state index in [1.807, 2.05) is 61.9 Å². The second-order valence-corrected chi connectivity index (χ2v) is 7.19. The standard InChI is InChI=1S/C22H23N5O2/c1-14-8-7-11-18(24-14)22(29)26-13-12-23-21(28)20(26)19-15(2)25-27(16(19)3)17-9-5-4-6-10-17/h4-11,20H,12-13H2,1-3H3,(H,23,28). The highest BCUT2D eigenvalue weighted by molar-refractivity contribution is 5.97. The van der Waals surface area contributed by atoms with Gasteiger partial charge in [-0.2, -0.15) is 5.10 Å². The lowest BCUT2D eigenvalue weighted by molar-refractivity contribution is -0.128. The molecule has 0 spiro atoms. The van der Waals surface area contributed by atoms with E-state index in [1.165, 1.54) is 0 Å². The molecule has 1 aromatic carbocycles. The lowest BCUT2D eigenvalue weighted by Gasteiger charge is -2.35. The van der Waals surface area contributed by atoms with Crippen LogP contribution in [-0.4, -0.2) is 44.6 Å². The van der Waals surface area contributed by atoms with Gasteiger partial charge in [0.2, 0.25) is 5.91 Å². The Bertz CT molecular complexity index is 1070. The predicted molar refractivity (Wildman–Crippen MR) is 109 cm³/mol. The number of carbonyl (C=O) groups is 2. The Morgan fingerprint density at radius 1 is 1.07 bits per heavy atom. The van der Waals surface area contributed by atoms with Gasteiger partial charge in [0.05, 0.1) is 11.4 Å². The third kappa shape index (κ3) is 3.40. The molecule has 0 aliphatic carbocycles. The molecule has 3 heterocycles. The molecule has 7 heteroatoms. The smallest absolute Gasteiger partial charge is 0.273 e. The number of amides is 2. The van der Waals surface area contributed by atoms with Crippen LogP contribution in [0, 0.1) is 20.8 Å². The first-order valence-electron chi connectivity index (χ1n) is 9.61. The monoisotopic (exact) mass is 389 g/mol. The third-order valence-corrected chi connectivity index (χ3v) is 5.20. The van der Waals surface area contributed by atoms with Crippen LogP contribution in [0.1, 0.15) is 39.2 Å². The second-order valence-electron chi connectivity index (χ2n) is 7.19. The Hall–Kier alpha value is -3.48. The fraction of sp³-hybridized carbons (Fsp3) is 0.273. The molecule has 0 radical (unpaired) electrons. The van der Waals surface area contributed by atoms with Gasteiger partial charge < -0.3 is 10.2 Å². The molecule has 1 fully saturated rings. The SMILES string of the molecule is Cc1cccc(C(=O)N2CCNC(=O)C2c2c(C)nn(-c3ccccc3)c2C)n1. The van der Waals surface area contributed by atoms with E-state index in [0.29, 0.717) is 18.8 Å². The zero-order valence-corrected chi connectivity index (χ0v) is 16.7. The Kier molecular flexibility index (Phi) is 4.88. The van der Waals surface area contributed by atoms with E-state index in [2.05, 4.69) is 15.4 Å². The molecule has 1 aliphatic rings. The number of aryl methyl sites for hydroxylation is 2. The van der Waals surface area contributed by atoms with E-state index in [0.717, 1.165) is 28.3 Å². The Labute approximate surface area is 169 Å². The molecule has 1 N–H and O–H groups in total. The summed E-state index contributed by atoms with van der Waals surface area (Å²) < 4.78 is 1.82. The number of carbonyl (C=O) groups excluding carboxylic acids is 2. The number of pyridine rings is 1. The number of benzene rings is 1. The van der Waals surface area contributed by atoms with E-state index in [-0.39, 0.29) is 11.8 Å². The Balaban J connectivity index is 1.78. The molecule has 0 saturated carbocycles. The summed E-state index contributed by atoms with van der Waals surface area (Å²) in [5, 5.41) is 7.55. The van der Waals surface area contributed by atoms with Crippen molar-refractivity contribution in [3.8, 4) is 5.69 Å². The molecule has 1 unspecified atom stereocenters. The Morgan fingerprint density at radius 3 is 2.55 bits per heavy atom. The number of hydrogen-bond donors (Lipinski definition) is 1. The number of rotatable bonds is 3. The summed E-state index contributed by atoms with van der Waals surface area (Å²) in [6.45, 7) is 6.47. The highest BCUT2D eigenvalue weighted by Gasteiger charge is 2.38. The number of hydrogen-bond acceptors (Lipinski definition) is 4. The molecule has 1 saturated heterocycles. The van der Waals surface area contributed by atoms with Crippen molar-refractivity contribution in [3.05, 3.63) is 76.9 Å². The quantitative estimate of drug-likeness (QED) is 0.746. The summed E-state index contributed by atoms with van der Waals surface area (Å²) in [5.74, 6) is -0.448. The highest BCUT2D eigenvalue weighted by atomic mass is 16.2. The molecule has 2 amide bonds. The van der Waals surface area contributed by atoms with Crippen LogP contribution in [0.3, 0.4) is 0 Å². The lowest BCUT2D eigenvalue weighted by atomic mass is 9.99. The fourth-order valence-electron chi connectivity index (χ4n) is 3.85. The van der Waals surface area contributed by atoms with Gasteiger partial charge in [-0.15, -0.1) is 0 Å². The molecule has 29 heavy (non-hydrogen) atoms. The Morgan fingerprint density at radius 2 is 1.83 bits per heavy atom. The second kappa shape index (κ2) is 7.50. The third-order valence-electron chi connectivity index (χ3n) is 5.20. The molecule has 1 aliphatic heterocycles.